The molecule has 0 bridgehead atoms. The fourth-order valence-electron chi connectivity index (χ4n) is 2.60. The Morgan fingerprint density at radius 3 is 2.30 bits per heavy atom. The van der Waals surface area contributed by atoms with Crippen molar-refractivity contribution in [1.82, 2.24) is 0 Å². The van der Waals surface area contributed by atoms with Crippen molar-refractivity contribution in [3.63, 3.8) is 0 Å². The summed E-state index contributed by atoms with van der Waals surface area (Å²) in [5.74, 6) is 2.16. The summed E-state index contributed by atoms with van der Waals surface area (Å²) in [5.41, 5.74) is 2.26. The molecule has 2 N–H and O–H groups in total. The highest BCUT2D eigenvalue weighted by molar-refractivity contribution is 8.19. The summed E-state index contributed by atoms with van der Waals surface area (Å²) < 4.78 is -0.536. The van der Waals surface area contributed by atoms with Gasteiger partial charge in [0.25, 0.3) is 0 Å². The van der Waals surface area contributed by atoms with Crippen LogP contribution in [0.1, 0.15) is 17.5 Å². The molecule has 0 aromatic heterocycles. The van der Waals surface area contributed by atoms with Gasteiger partial charge in [-0.2, -0.15) is 0 Å². The maximum atomic E-state index is 9.79. The van der Waals surface area contributed by atoms with Crippen molar-refractivity contribution in [2.75, 3.05) is 11.5 Å². The van der Waals surface area contributed by atoms with E-state index in [0.29, 0.717) is 10.7 Å². The lowest BCUT2D eigenvalue weighted by molar-refractivity contribution is 0.318. The number of nitrogens with zero attached hydrogens (tertiary/aromatic N) is 1. The van der Waals surface area contributed by atoms with Crippen LogP contribution in [0, 0.1) is 0 Å². The van der Waals surface area contributed by atoms with Gasteiger partial charge in [0, 0.05) is 10.6 Å². The number of aromatic hydroxyl groups is 1. The number of hydrogen-bond donors (Lipinski definition) is 2. The molecular weight excluding hydrogens is 350 g/mol. The zero-order chi connectivity index (χ0) is 16.3. The smallest absolute Gasteiger partial charge is 0.132 e. The first-order chi connectivity index (χ1) is 11.2. The van der Waals surface area contributed by atoms with Crippen LogP contribution in [0.4, 0.5) is 0 Å². The molecule has 0 unspecified atom stereocenters. The van der Waals surface area contributed by atoms with E-state index in [2.05, 4.69) is 5.16 Å². The minimum Gasteiger partial charge on any atom is -0.508 e. The van der Waals surface area contributed by atoms with E-state index in [-0.39, 0.29) is 5.75 Å². The molecule has 0 atom stereocenters. The first-order valence-electron chi connectivity index (χ1n) is 7.22. The summed E-state index contributed by atoms with van der Waals surface area (Å²) in [5, 5.41) is 23.6. The van der Waals surface area contributed by atoms with Gasteiger partial charge in [0.2, 0.25) is 0 Å². The second kappa shape index (κ2) is 7.07. The zero-order valence-corrected chi connectivity index (χ0v) is 14.7. The van der Waals surface area contributed by atoms with Gasteiger partial charge in [-0.1, -0.05) is 47.1 Å². The highest BCUT2D eigenvalue weighted by Gasteiger charge is 2.42. The Bertz CT molecular complexity index is 713. The first-order valence-corrected chi connectivity index (χ1v) is 9.57. The van der Waals surface area contributed by atoms with Gasteiger partial charge < -0.3 is 10.3 Å². The molecular formula is C17H16ClNO2S2. The van der Waals surface area contributed by atoms with Crippen LogP contribution in [0.25, 0.3) is 0 Å². The van der Waals surface area contributed by atoms with E-state index in [1.807, 2.05) is 30.3 Å². The largest absolute Gasteiger partial charge is 0.508 e. The Balaban J connectivity index is 2.15. The topological polar surface area (TPSA) is 52.8 Å². The Morgan fingerprint density at radius 1 is 1.04 bits per heavy atom. The number of rotatable bonds is 3. The lowest BCUT2D eigenvalue weighted by atomic mass is 10.0. The molecule has 6 heteroatoms. The van der Waals surface area contributed by atoms with Crippen molar-refractivity contribution < 1.29 is 10.3 Å². The molecule has 0 aliphatic carbocycles. The van der Waals surface area contributed by atoms with E-state index in [4.69, 9.17) is 11.6 Å². The third kappa shape index (κ3) is 3.18. The summed E-state index contributed by atoms with van der Waals surface area (Å²) in [6.07, 6.45) is 1.11. The van der Waals surface area contributed by atoms with Crippen LogP contribution in [0.2, 0.25) is 5.02 Å². The van der Waals surface area contributed by atoms with Crippen LogP contribution >= 0.6 is 35.1 Å². The number of hydrogen-bond acceptors (Lipinski definition) is 5. The van der Waals surface area contributed by atoms with Crippen LogP contribution in [0.3, 0.4) is 0 Å². The van der Waals surface area contributed by atoms with E-state index in [9.17, 15) is 10.3 Å². The Morgan fingerprint density at radius 2 is 1.70 bits per heavy atom. The molecule has 0 radical (unpaired) electrons. The van der Waals surface area contributed by atoms with Gasteiger partial charge >= 0.3 is 0 Å². The normalized spacial score (nSPS) is 17.9. The van der Waals surface area contributed by atoms with E-state index in [0.717, 1.165) is 29.1 Å². The lowest BCUT2D eigenvalue weighted by Crippen LogP contribution is -2.33. The summed E-state index contributed by atoms with van der Waals surface area (Å²) in [6.45, 7) is 0. The number of phenols is 1. The first kappa shape index (κ1) is 16.6. The molecule has 1 aliphatic heterocycles. The molecule has 2 aromatic carbocycles. The third-order valence-electron chi connectivity index (χ3n) is 3.69. The molecule has 1 aliphatic rings. The van der Waals surface area contributed by atoms with Gasteiger partial charge in [0.15, 0.2) is 0 Å². The molecule has 0 amide bonds. The number of benzene rings is 2. The maximum absolute atomic E-state index is 9.79. The fraction of sp³-hybridized carbons (Fsp3) is 0.235. The summed E-state index contributed by atoms with van der Waals surface area (Å²) in [7, 11) is 0. The molecule has 0 spiro atoms. The minimum absolute atomic E-state index is 0.218. The van der Waals surface area contributed by atoms with E-state index in [1.165, 1.54) is 0 Å². The Hall–Kier alpha value is -1.30. The lowest BCUT2D eigenvalue weighted by Gasteiger charge is -2.37. The van der Waals surface area contributed by atoms with Gasteiger partial charge in [0.1, 0.15) is 15.5 Å². The maximum Gasteiger partial charge on any atom is 0.132 e. The molecule has 3 rings (SSSR count). The van der Waals surface area contributed by atoms with Gasteiger partial charge in [-0.15, -0.1) is 23.5 Å². The summed E-state index contributed by atoms with van der Waals surface area (Å²) in [4.78, 5) is 0. The standard InChI is InChI=1S/C17H16ClNO2S2/c18-15-5-2-1-4-14(15)16(19-21)17(22-10-3-11-23-17)12-6-8-13(20)9-7-12/h1-2,4-9,20-21H,3,10-11H2/b19-16+. The highest BCUT2D eigenvalue weighted by Crippen LogP contribution is 2.53. The minimum atomic E-state index is -0.536. The number of oxime groups is 1. The molecule has 1 fully saturated rings. The zero-order valence-electron chi connectivity index (χ0n) is 12.3. The highest BCUT2D eigenvalue weighted by atomic mass is 35.5. The Kier molecular flexibility index (Phi) is 5.09. The molecule has 1 saturated heterocycles. The second-order valence-electron chi connectivity index (χ2n) is 5.14. The van der Waals surface area contributed by atoms with Crippen molar-refractivity contribution in [3.05, 3.63) is 64.7 Å². The molecule has 1 heterocycles. The van der Waals surface area contributed by atoms with Crippen molar-refractivity contribution >= 4 is 40.8 Å². The predicted molar refractivity (Wildman–Crippen MR) is 99.1 cm³/mol. The summed E-state index contributed by atoms with van der Waals surface area (Å²) >= 11 is 9.82. The Labute approximate surface area is 148 Å². The van der Waals surface area contributed by atoms with Crippen molar-refractivity contribution in [2.45, 2.75) is 10.5 Å². The molecule has 3 nitrogen and oxygen atoms in total. The van der Waals surface area contributed by atoms with Crippen molar-refractivity contribution in [3.8, 4) is 5.75 Å². The van der Waals surface area contributed by atoms with Crippen LogP contribution in [-0.2, 0) is 4.08 Å². The molecule has 2 aromatic rings. The van der Waals surface area contributed by atoms with Crippen LogP contribution in [0.5, 0.6) is 5.75 Å². The molecule has 120 valence electrons. The van der Waals surface area contributed by atoms with Gasteiger partial charge in [0.05, 0.1) is 0 Å². The third-order valence-corrected chi connectivity index (χ3v) is 7.38. The average Bonchev–Trinajstić information content (AvgIpc) is 2.58. The van der Waals surface area contributed by atoms with Gasteiger partial charge in [-0.25, -0.2) is 0 Å². The van der Waals surface area contributed by atoms with Crippen molar-refractivity contribution in [1.29, 1.82) is 0 Å². The van der Waals surface area contributed by atoms with Gasteiger partial charge in [-0.3, -0.25) is 0 Å². The van der Waals surface area contributed by atoms with Crippen LogP contribution in [-0.4, -0.2) is 27.5 Å². The van der Waals surface area contributed by atoms with Gasteiger partial charge in [-0.05, 0) is 41.7 Å². The summed E-state index contributed by atoms with van der Waals surface area (Å²) in [6, 6.07) is 14.5. The van der Waals surface area contributed by atoms with Crippen molar-refractivity contribution in [2.24, 2.45) is 5.16 Å². The number of phenolic OH excluding ortho intramolecular Hbond substituents is 1. The fourth-order valence-corrected chi connectivity index (χ4v) is 6.18. The second-order valence-corrected chi connectivity index (χ2v) is 8.43. The van der Waals surface area contributed by atoms with Crippen LogP contribution in [0.15, 0.2) is 53.7 Å². The average molecular weight is 366 g/mol. The number of thioether (sulfide) groups is 2. The van der Waals surface area contributed by atoms with Crippen LogP contribution < -0.4 is 0 Å². The quantitative estimate of drug-likeness (QED) is 0.459. The molecule has 23 heavy (non-hydrogen) atoms. The van der Waals surface area contributed by atoms with E-state index < -0.39 is 4.08 Å². The van der Waals surface area contributed by atoms with E-state index >= 15 is 0 Å². The monoisotopic (exact) mass is 365 g/mol. The predicted octanol–water partition coefficient (Wildman–Crippen LogP) is 4.95. The SMILES string of the molecule is O/N=C(\c1ccccc1Cl)C1(c2ccc(O)cc2)SCCCS1. The molecule has 0 saturated carbocycles. The number of halogens is 1. The van der Waals surface area contributed by atoms with E-state index in [1.54, 1.807) is 41.7 Å².